The van der Waals surface area contributed by atoms with E-state index in [4.69, 9.17) is 9.47 Å². The number of rotatable bonds is 5. The third-order valence-corrected chi connectivity index (χ3v) is 4.95. The van der Waals surface area contributed by atoms with Crippen molar-refractivity contribution in [1.82, 2.24) is 0 Å². The number of carbonyl (C=O) groups excluding carboxylic acids is 1. The molecule has 144 valence electrons. The standard InChI is InChI=1S/C23H15FINO3/c24-18-9-5-15(6-10-18)14-28-21-4-2-1-3-17(21)13-20-23(27)29-22(26-20)16-7-11-19(25)12-8-16/h1-13H,14H2/b20-13-. The van der Waals surface area contributed by atoms with Crippen molar-refractivity contribution in [3.8, 4) is 5.75 Å². The highest BCUT2D eigenvalue weighted by Crippen LogP contribution is 2.25. The first-order valence-electron chi connectivity index (χ1n) is 8.83. The van der Waals surface area contributed by atoms with Crippen molar-refractivity contribution >= 4 is 40.5 Å². The van der Waals surface area contributed by atoms with E-state index in [9.17, 15) is 9.18 Å². The van der Waals surface area contributed by atoms with E-state index in [0.717, 1.165) is 14.7 Å². The predicted octanol–water partition coefficient (Wildman–Crippen LogP) is 5.35. The number of hydrogen-bond donors (Lipinski definition) is 0. The van der Waals surface area contributed by atoms with Gasteiger partial charge in [-0.25, -0.2) is 14.2 Å². The lowest BCUT2D eigenvalue weighted by atomic mass is 10.1. The number of esters is 1. The number of cyclic esters (lactones) is 1. The topological polar surface area (TPSA) is 47.9 Å². The second-order valence-electron chi connectivity index (χ2n) is 6.30. The Hall–Kier alpha value is -3.00. The molecule has 0 bridgehead atoms. The van der Waals surface area contributed by atoms with Gasteiger partial charge >= 0.3 is 5.97 Å². The van der Waals surface area contributed by atoms with E-state index >= 15 is 0 Å². The summed E-state index contributed by atoms with van der Waals surface area (Å²) < 4.78 is 25.3. The van der Waals surface area contributed by atoms with Crippen molar-refractivity contribution in [2.45, 2.75) is 6.61 Å². The molecule has 0 fully saturated rings. The van der Waals surface area contributed by atoms with Crippen LogP contribution >= 0.6 is 22.6 Å². The van der Waals surface area contributed by atoms with E-state index in [1.165, 1.54) is 12.1 Å². The monoisotopic (exact) mass is 499 g/mol. The van der Waals surface area contributed by atoms with E-state index in [1.807, 2.05) is 42.5 Å². The minimum absolute atomic E-state index is 0.205. The fraction of sp³-hybridized carbons (Fsp3) is 0.0435. The highest BCUT2D eigenvalue weighted by Gasteiger charge is 2.24. The minimum Gasteiger partial charge on any atom is -0.488 e. The van der Waals surface area contributed by atoms with Crippen LogP contribution in [0.5, 0.6) is 5.75 Å². The third-order valence-electron chi connectivity index (χ3n) is 4.23. The summed E-state index contributed by atoms with van der Waals surface area (Å²) in [7, 11) is 0. The van der Waals surface area contributed by atoms with Crippen LogP contribution in [0.2, 0.25) is 0 Å². The summed E-state index contributed by atoms with van der Waals surface area (Å²) in [6, 6.07) is 21.0. The summed E-state index contributed by atoms with van der Waals surface area (Å²) >= 11 is 2.21. The van der Waals surface area contributed by atoms with E-state index in [-0.39, 0.29) is 24.0 Å². The van der Waals surface area contributed by atoms with Gasteiger partial charge in [0.2, 0.25) is 5.90 Å². The molecule has 0 saturated carbocycles. The van der Waals surface area contributed by atoms with Gasteiger partial charge in [-0.2, -0.15) is 0 Å². The largest absolute Gasteiger partial charge is 0.488 e. The molecule has 4 rings (SSSR count). The number of aliphatic imine (C=N–C) groups is 1. The van der Waals surface area contributed by atoms with Crippen LogP contribution in [0, 0.1) is 9.39 Å². The molecule has 3 aromatic rings. The van der Waals surface area contributed by atoms with Crippen molar-refractivity contribution in [3.63, 3.8) is 0 Å². The van der Waals surface area contributed by atoms with Crippen molar-refractivity contribution in [1.29, 1.82) is 0 Å². The van der Waals surface area contributed by atoms with E-state index in [1.54, 1.807) is 24.3 Å². The second kappa shape index (κ2) is 8.57. The SMILES string of the molecule is O=C1OC(c2ccc(I)cc2)=N/C1=C\c1ccccc1OCc1ccc(F)cc1. The number of benzene rings is 3. The molecule has 0 amide bonds. The Labute approximate surface area is 180 Å². The quantitative estimate of drug-likeness (QED) is 0.270. The van der Waals surface area contributed by atoms with Crippen molar-refractivity contribution in [2.75, 3.05) is 0 Å². The molecule has 29 heavy (non-hydrogen) atoms. The van der Waals surface area contributed by atoms with Crippen LogP contribution in [0.4, 0.5) is 4.39 Å². The fourth-order valence-corrected chi connectivity index (χ4v) is 3.10. The van der Waals surface area contributed by atoms with Gasteiger partial charge < -0.3 is 9.47 Å². The van der Waals surface area contributed by atoms with Crippen molar-refractivity contribution in [2.24, 2.45) is 4.99 Å². The first-order valence-corrected chi connectivity index (χ1v) is 9.91. The number of halogens is 2. The summed E-state index contributed by atoms with van der Waals surface area (Å²) in [6.07, 6.45) is 1.64. The summed E-state index contributed by atoms with van der Waals surface area (Å²) in [5, 5.41) is 0. The molecule has 0 radical (unpaired) electrons. The molecule has 0 unspecified atom stereocenters. The molecular weight excluding hydrogens is 484 g/mol. The van der Waals surface area contributed by atoms with Crippen LogP contribution in [0.1, 0.15) is 16.7 Å². The van der Waals surface area contributed by atoms with Gasteiger partial charge in [-0.05, 0) is 76.7 Å². The molecule has 0 spiro atoms. The predicted molar refractivity (Wildman–Crippen MR) is 117 cm³/mol. The Morgan fingerprint density at radius 2 is 1.72 bits per heavy atom. The highest BCUT2D eigenvalue weighted by atomic mass is 127. The summed E-state index contributed by atoms with van der Waals surface area (Å²) in [5.74, 6) is 0.0738. The van der Waals surface area contributed by atoms with E-state index in [2.05, 4.69) is 27.6 Å². The van der Waals surface area contributed by atoms with Gasteiger partial charge in [-0.3, -0.25) is 0 Å². The number of ether oxygens (including phenoxy) is 2. The van der Waals surface area contributed by atoms with Gasteiger partial charge in [0.15, 0.2) is 5.70 Å². The maximum atomic E-state index is 13.0. The van der Waals surface area contributed by atoms with Crippen LogP contribution < -0.4 is 4.74 Å². The number of nitrogens with zero attached hydrogens (tertiary/aromatic N) is 1. The first-order chi connectivity index (χ1) is 14.1. The number of carbonyl (C=O) groups is 1. The number of hydrogen-bond acceptors (Lipinski definition) is 4. The van der Waals surface area contributed by atoms with E-state index < -0.39 is 5.97 Å². The van der Waals surface area contributed by atoms with Crippen LogP contribution in [-0.2, 0) is 16.1 Å². The molecule has 1 aliphatic heterocycles. The molecule has 0 N–H and O–H groups in total. The third kappa shape index (κ3) is 4.71. The maximum Gasteiger partial charge on any atom is 0.363 e. The van der Waals surface area contributed by atoms with Crippen LogP contribution in [0.25, 0.3) is 6.08 Å². The summed E-state index contributed by atoms with van der Waals surface area (Å²) in [5.41, 5.74) is 2.49. The molecule has 0 atom stereocenters. The fourth-order valence-electron chi connectivity index (χ4n) is 2.75. The molecule has 0 aromatic heterocycles. The highest BCUT2D eigenvalue weighted by molar-refractivity contribution is 14.1. The molecular formula is C23H15FINO3. The van der Waals surface area contributed by atoms with Gasteiger partial charge in [0, 0.05) is 14.7 Å². The molecule has 1 heterocycles. The Kier molecular flexibility index (Phi) is 5.71. The lowest BCUT2D eigenvalue weighted by Gasteiger charge is -2.09. The van der Waals surface area contributed by atoms with E-state index in [0.29, 0.717) is 11.3 Å². The van der Waals surface area contributed by atoms with Crippen LogP contribution in [0.15, 0.2) is 83.5 Å². The van der Waals surface area contributed by atoms with Crippen LogP contribution in [0.3, 0.4) is 0 Å². The minimum atomic E-state index is -0.508. The second-order valence-corrected chi connectivity index (χ2v) is 7.54. The van der Waals surface area contributed by atoms with Crippen molar-refractivity contribution < 1.29 is 18.7 Å². The Morgan fingerprint density at radius 3 is 2.48 bits per heavy atom. The summed E-state index contributed by atoms with van der Waals surface area (Å²) in [4.78, 5) is 16.6. The molecule has 0 saturated heterocycles. The molecule has 0 aliphatic carbocycles. The Morgan fingerprint density at radius 1 is 1.00 bits per heavy atom. The normalized spacial score (nSPS) is 14.6. The zero-order valence-electron chi connectivity index (χ0n) is 15.1. The van der Waals surface area contributed by atoms with Crippen LogP contribution in [-0.4, -0.2) is 11.9 Å². The molecule has 4 nitrogen and oxygen atoms in total. The lowest BCUT2D eigenvalue weighted by molar-refractivity contribution is -0.129. The maximum absolute atomic E-state index is 13.0. The van der Waals surface area contributed by atoms with Gasteiger partial charge in [0.25, 0.3) is 0 Å². The molecule has 3 aromatic carbocycles. The molecule has 1 aliphatic rings. The van der Waals surface area contributed by atoms with Gasteiger partial charge in [-0.15, -0.1) is 0 Å². The zero-order valence-corrected chi connectivity index (χ0v) is 17.3. The number of para-hydroxylation sites is 1. The van der Waals surface area contributed by atoms with Gasteiger partial charge in [0.05, 0.1) is 0 Å². The average Bonchev–Trinajstić information content (AvgIpc) is 3.09. The summed E-state index contributed by atoms with van der Waals surface area (Å²) in [6.45, 7) is 0.280. The lowest BCUT2D eigenvalue weighted by Crippen LogP contribution is -2.05. The zero-order chi connectivity index (χ0) is 20.2. The smallest absolute Gasteiger partial charge is 0.363 e. The van der Waals surface area contributed by atoms with Gasteiger partial charge in [0.1, 0.15) is 18.2 Å². The average molecular weight is 499 g/mol. The van der Waals surface area contributed by atoms with Crippen molar-refractivity contribution in [3.05, 3.63) is 105 Å². The van der Waals surface area contributed by atoms with Gasteiger partial charge in [-0.1, -0.05) is 30.3 Å². The Balaban J connectivity index is 1.56. The Bertz CT molecular complexity index is 1110. The molecule has 6 heteroatoms. The first kappa shape index (κ1) is 19.3.